The van der Waals surface area contributed by atoms with Crippen LogP contribution in [-0.4, -0.2) is 47.4 Å². The molecule has 3 N–H and O–H groups in total. The number of nitrogens with one attached hydrogen (secondary N) is 1. The molecule has 0 radical (unpaired) electrons. The predicted molar refractivity (Wildman–Crippen MR) is 361 cm³/mol. The molecule has 0 rings (SSSR count). The maximum Gasteiger partial charge on any atom is 0.305 e. The van der Waals surface area contributed by atoms with Crippen molar-refractivity contribution in [2.75, 3.05) is 13.2 Å². The summed E-state index contributed by atoms with van der Waals surface area (Å²) in [6.07, 6.45) is 93.4. The Labute approximate surface area is 512 Å². The molecule has 82 heavy (non-hydrogen) atoms. The van der Waals surface area contributed by atoms with Crippen molar-refractivity contribution in [3.63, 3.8) is 0 Å². The van der Waals surface area contributed by atoms with E-state index in [1.165, 1.54) is 321 Å². The Morgan fingerprint density at radius 2 is 0.610 bits per heavy atom. The summed E-state index contributed by atoms with van der Waals surface area (Å²) in [4.78, 5) is 24.6. The number of carbonyl (C=O) groups is 2. The molecular formula is C76H143NO5. The van der Waals surface area contributed by atoms with Crippen molar-refractivity contribution in [2.45, 2.75) is 411 Å². The van der Waals surface area contributed by atoms with E-state index < -0.39 is 12.1 Å². The molecule has 0 aliphatic heterocycles. The zero-order valence-corrected chi connectivity index (χ0v) is 55.2. The zero-order chi connectivity index (χ0) is 59.2. The van der Waals surface area contributed by atoms with Crippen molar-refractivity contribution in [2.24, 2.45) is 0 Å². The van der Waals surface area contributed by atoms with E-state index in [1.807, 2.05) is 6.08 Å². The minimum Gasteiger partial charge on any atom is -0.466 e. The number of hydrogen-bond acceptors (Lipinski definition) is 5. The quantitative estimate of drug-likeness (QED) is 0.0320. The van der Waals surface area contributed by atoms with Crippen molar-refractivity contribution in [3.05, 3.63) is 48.6 Å². The van der Waals surface area contributed by atoms with E-state index in [0.717, 1.165) is 51.4 Å². The van der Waals surface area contributed by atoms with Crippen LogP contribution in [0, 0.1) is 0 Å². The first kappa shape index (κ1) is 79.8. The van der Waals surface area contributed by atoms with Gasteiger partial charge in [0.1, 0.15) is 0 Å². The fraction of sp³-hybridized carbons (Fsp3) is 0.868. The van der Waals surface area contributed by atoms with Gasteiger partial charge >= 0.3 is 5.97 Å². The molecule has 1 amide bonds. The van der Waals surface area contributed by atoms with Gasteiger partial charge in [-0.3, -0.25) is 9.59 Å². The Hall–Kier alpha value is -2.18. The second-order valence-corrected chi connectivity index (χ2v) is 25.3. The van der Waals surface area contributed by atoms with E-state index in [1.54, 1.807) is 6.08 Å². The van der Waals surface area contributed by atoms with Gasteiger partial charge in [-0.05, 0) is 89.9 Å². The minimum atomic E-state index is -0.849. The second-order valence-electron chi connectivity index (χ2n) is 25.3. The third-order valence-corrected chi connectivity index (χ3v) is 17.1. The van der Waals surface area contributed by atoms with Crippen LogP contribution in [-0.2, 0) is 14.3 Å². The molecule has 2 atom stereocenters. The fourth-order valence-electron chi connectivity index (χ4n) is 11.4. The van der Waals surface area contributed by atoms with Gasteiger partial charge in [-0.1, -0.05) is 345 Å². The average Bonchev–Trinajstić information content (AvgIpc) is 3.48. The number of amides is 1. The SMILES string of the molecule is CCCCCCC/C=C\CCCCCCCC(=O)OCCCCCCCCCCC/C=C\C/C=C\CCCCCCCCCCCCCC(=O)NC(CO)C(O)/C=C/CCCCCCCCCCCCCCCCCCCCCCCC. The maximum absolute atomic E-state index is 12.5. The van der Waals surface area contributed by atoms with E-state index >= 15 is 0 Å². The van der Waals surface area contributed by atoms with Crippen molar-refractivity contribution in [3.8, 4) is 0 Å². The fourth-order valence-corrected chi connectivity index (χ4v) is 11.4. The summed E-state index contributed by atoms with van der Waals surface area (Å²) in [7, 11) is 0. The Balaban J connectivity index is 3.45. The van der Waals surface area contributed by atoms with Crippen molar-refractivity contribution in [1.29, 1.82) is 0 Å². The largest absolute Gasteiger partial charge is 0.466 e. The van der Waals surface area contributed by atoms with Gasteiger partial charge in [-0.25, -0.2) is 0 Å². The van der Waals surface area contributed by atoms with Gasteiger partial charge in [0.15, 0.2) is 0 Å². The molecule has 2 unspecified atom stereocenters. The molecule has 0 aromatic carbocycles. The molecule has 0 fully saturated rings. The highest BCUT2D eigenvalue weighted by atomic mass is 16.5. The Morgan fingerprint density at radius 3 is 0.939 bits per heavy atom. The number of unbranched alkanes of at least 4 members (excludes halogenated alkanes) is 52. The predicted octanol–water partition coefficient (Wildman–Crippen LogP) is 24.0. The zero-order valence-electron chi connectivity index (χ0n) is 55.2. The highest BCUT2D eigenvalue weighted by Gasteiger charge is 2.18. The molecule has 0 aromatic heterocycles. The topological polar surface area (TPSA) is 95.9 Å². The lowest BCUT2D eigenvalue weighted by molar-refractivity contribution is -0.143. The van der Waals surface area contributed by atoms with Crippen LogP contribution in [0.25, 0.3) is 0 Å². The summed E-state index contributed by atoms with van der Waals surface area (Å²) in [5.74, 6) is -0.0654. The smallest absolute Gasteiger partial charge is 0.305 e. The normalized spacial score (nSPS) is 12.8. The first-order valence-electron chi connectivity index (χ1n) is 36.9. The number of aliphatic hydroxyl groups is 2. The number of carbonyl (C=O) groups excluding carboxylic acids is 2. The summed E-state index contributed by atoms with van der Waals surface area (Å²) in [5.41, 5.74) is 0. The van der Waals surface area contributed by atoms with Crippen LogP contribution in [0.5, 0.6) is 0 Å². The molecule has 0 spiro atoms. The van der Waals surface area contributed by atoms with Gasteiger partial charge in [0.25, 0.3) is 0 Å². The van der Waals surface area contributed by atoms with Gasteiger partial charge in [0, 0.05) is 12.8 Å². The van der Waals surface area contributed by atoms with E-state index in [4.69, 9.17) is 4.74 Å². The van der Waals surface area contributed by atoms with Gasteiger partial charge in [-0.2, -0.15) is 0 Å². The molecule has 0 saturated heterocycles. The molecular weight excluding hydrogens is 1010 g/mol. The minimum absolute atomic E-state index is 0.00200. The van der Waals surface area contributed by atoms with Crippen LogP contribution >= 0.6 is 0 Å². The summed E-state index contributed by atoms with van der Waals surface area (Å²) < 4.78 is 5.48. The molecule has 482 valence electrons. The molecule has 0 saturated carbocycles. The monoisotopic (exact) mass is 1150 g/mol. The maximum atomic E-state index is 12.5. The van der Waals surface area contributed by atoms with Crippen LogP contribution in [0.2, 0.25) is 0 Å². The molecule has 0 bridgehead atoms. The van der Waals surface area contributed by atoms with Crippen molar-refractivity contribution >= 4 is 11.9 Å². The average molecular weight is 1150 g/mol. The summed E-state index contributed by atoms with van der Waals surface area (Å²) >= 11 is 0. The Bertz CT molecular complexity index is 1370. The van der Waals surface area contributed by atoms with Crippen LogP contribution in [0.1, 0.15) is 399 Å². The van der Waals surface area contributed by atoms with E-state index in [-0.39, 0.29) is 18.5 Å². The highest BCUT2D eigenvalue weighted by Crippen LogP contribution is 2.18. The first-order valence-corrected chi connectivity index (χ1v) is 36.9. The van der Waals surface area contributed by atoms with Crippen LogP contribution in [0.3, 0.4) is 0 Å². The number of allylic oxidation sites excluding steroid dienone is 7. The summed E-state index contributed by atoms with van der Waals surface area (Å²) in [6.45, 7) is 4.92. The Morgan fingerprint density at radius 1 is 0.341 bits per heavy atom. The number of esters is 1. The van der Waals surface area contributed by atoms with E-state index in [0.29, 0.717) is 19.4 Å². The lowest BCUT2D eigenvalue weighted by Crippen LogP contribution is -2.45. The van der Waals surface area contributed by atoms with Crippen molar-refractivity contribution in [1.82, 2.24) is 5.32 Å². The molecule has 6 nitrogen and oxygen atoms in total. The molecule has 0 aliphatic carbocycles. The van der Waals surface area contributed by atoms with Crippen molar-refractivity contribution < 1.29 is 24.5 Å². The number of hydrogen-bond donors (Lipinski definition) is 3. The molecule has 0 aliphatic rings. The number of ether oxygens (including phenoxy) is 1. The third-order valence-electron chi connectivity index (χ3n) is 17.1. The third kappa shape index (κ3) is 67.0. The second kappa shape index (κ2) is 71.3. The summed E-state index contributed by atoms with van der Waals surface area (Å²) in [6, 6.07) is -0.633. The molecule has 0 aromatic rings. The lowest BCUT2D eigenvalue weighted by Gasteiger charge is -2.20. The van der Waals surface area contributed by atoms with Gasteiger partial charge in [0.2, 0.25) is 5.91 Å². The molecule has 0 heterocycles. The summed E-state index contributed by atoms with van der Waals surface area (Å²) in [5, 5.41) is 23.3. The van der Waals surface area contributed by atoms with Gasteiger partial charge in [-0.15, -0.1) is 0 Å². The lowest BCUT2D eigenvalue weighted by atomic mass is 10.0. The van der Waals surface area contributed by atoms with Crippen LogP contribution in [0.4, 0.5) is 0 Å². The van der Waals surface area contributed by atoms with Crippen LogP contribution < -0.4 is 5.32 Å². The number of aliphatic hydroxyl groups excluding tert-OH is 2. The van der Waals surface area contributed by atoms with Gasteiger partial charge < -0.3 is 20.3 Å². The molecule has 6 heteroatoms. The van der Waals surface area contributed by atoms with E-state index in [9.17, 15) is 19.8 Å². The van der Waals surface area contributed by atoms with E-state index in [2.05, 4.69) is 55.6 Å². The van der Waals surface area contributed by atoms with Gasteiger partial charge in [0.05, 0.1) is 25.4 Å². The van der Waals surface area contributed by atoms with Crippen LogP contribution in [0.15, 0.2) is 48.6 Å². The number of rotatable bonds is 69. The highest BCUT2D eigenvalue weighted by molar-refractivity contribution is 5.76. The first-order chi connectivity index (χ1) is 40.5. The standard InChI is InChI=1S/C76H143NO5/c1-3-5-7-9-11-13-15-17-19-20-21-22-23-29-32-35-38-41-44-48-52-56-60-64-68-74(79)73(72-78)77-75(80)69-65-61-57-53-49-45-42-39-36-33-30-27-25-24-26-28-31-34-37-40-43-47-51-55-59-63-67-71-82-76(81)70-66-62-58-54-50-46-18-16-14-12-10-8-6-4-2/h16,18,24-25,28,31,64,68,73-74,78-79H,3-15,17,19-23,26-27,29-30,32-63,65-67,69-72H2,1-2H3,(H,77,80)/b18-16-,25-24-,31-28-,68-64+. The Kier molecular flexibility index (Phi) is 69.4.